The molecule has 208 valence electrons. The lowest BCUT2D eigenvalue weighted by Gasteiger charge is -2.27. The smallest absolute Gasteiger partial charge is 0.271 e. The molecule has 0 aliphatic carbocycles. The van der Waals surface area contributed by atoms with Crippen LogP contribution >= 0.6 is 23.2 Å². The van der Waals surface area contributed by atoms with E-state index in [-0.39, 0.29) is 31.1 Å². The Hall–Kier alpha value is -4.45. The maximum atomic E-state index is 13.6. The molecule has 3 aromatic carbocycles. The normalized spacial score (nSPS) is 15.4. The van der Waals surface area contributed by atoms with Crippen molar-refractivity contribution in [1.82, 2.24) is 4.90 Å². The highest BCUT2D eigenvalue weighted by molar-refractivity contribution is 6.35. The van der Waals surface area contributed by atoms with Crippen LogP contribution in [0.3, 0.4) is 0 Å². The van der Waals surface area contributed by atoms with Crippen molar-refractivity contribution in [1.29, 1.82) is 5.26 Å². The number of benzene rings is 3. The summed E-state index contributed by atoms with van der Waals surface area (Å²) in [5.74, 6) is 0.911. The Bertz CT molecular complexity index is 1660. The van der Waals surface area contributed by atoms with E-state index < -0.39 is 11.8 Å². The largest absolute Gasteiger partial charge is 0.490 e. The van der Waals surface area contributed by atoms with Gasteiger partial charge in [0.05, 0.1) is 13.2 Å². The maximum absolute atomic E-state index is 13.6. The number of carbonyl (C=O) groups is 2. The van der Waals surface area contributed by atoms with E-state index in [9.17, 15) is 14.9 Å². The first-order valence-electron chi connectivity index (χ1n) is 12.7. The molecule has 2 aliphatic heterocycles. The van der Waals surface area contributed by atoms with E-state index in [0.29, 0.717) is 56.4 Å². The molecule has 2 aliphatic rings. The molecular formula is C31H24Cl2N2O6. The minimum absolute atomic E-state index is 0.0334. The van der Waals surface area contributed by atoms with E-state index in [2.05, 4.69) is 0 Å². The van der Waals surface area contributed by atoms with Gasteiger partial charge in [-0.15, -0.1) is 0 Å². The third kappa shape index (κ3) is 5.87. The topological polar surface area (TPSA) is 98.1 Å². The van der Waals surface area contributed by atoms with Gasteiger partial charge in [-0.2, -0.15) is 5.26 Å². The number of nitriles is 1. The van der Waals surface area contributed by atoms with Gasteiger partial charge in [-0.25, -0.2) is 0 Å². The van der Waals surface area contributed by atoms with Gasteiger partial charge >= 0.3 is 0 Å². The van der Waals surface area contributed by atoms with Crippen molar-refractivity contribution < 1.29 is 28.5 Å². The molecule has 0 saturated carbocycles. The molecule has 0 unspecified atom stereocenters. The first-order valence-corrected chi connectivity index (χ1v) is 13.5. The van der Waals surface area contributed by atoms with Crippen molar-refractivity contribution in [3.63, 3.8) is 0 Å². The van der Waals surface area contributed by atoms with Crippen LogP contribution in [0, 0.1) is 11.3 Å². The minimum Gasteiger partial charge on any atom is -0.490 e. The van der Waals surface area contributed by atoms with Gasteiger partial charge in [0.2, 0.25) is 6.79 Å². The summed E-state index contributed by atoms with van der Waals surface area (Å²) in [6.45, 7) is 4.09. The average Bonchev–Trinajstić information content (AvgIpc) is 3.42. The number of hydrogen-bond donors (Lipinski definition) is 0. The second-order valence-corrected chi connectivity index (χ2v) is 10.1. The monoisotopic (exact) mass is 590 g/mol. The van der Waals surface area contributed by atoms with E-state index in [1.165, 1.54) is 0 Å². The van der Waals surface area contributed by atoms with E-state index >= 15 is 0 Å². The molecule has 0 fully saturated rings. The van der Waals surface area contributed by atoms with Crippen LogP contribution in [-0.2, 0) is 22.7 Å². The molecule has 10 heteroatoms. The van der Waals surface area contributed by atoms with Crippen molar-refractivity contribution in [2.75, 3.05) is 13.4 Å². The molecule has 3 aromatic rings. The predicted molar refractivity (Wildman–Crippen MR) is 153 cm³/mol. The summed E-state index contributed by atoms with van der Waals surface area (Å²) in [6, 6.07) is 17.6. The second kappa shape index (κ2) is 12.0. The number of rotatable bonds is 8. The van der Waals surface area contributed by atoms with Crippen LogP contribution in [0.15, 0.2) is 71.3 Å². The minimum atomic E-state index is -0.649. The third-order valence-corrected chi connectivity index (χ3v) is 7.17. The highest BCUT2D eigenvalue weighted by Gasteiger charge is 2.35. The molecule has 2 heterocycles. The summed E-state index contributed by atoms with van der Waals surface area (Å²) in [7, 11) is 0. The number of amides is 2. The Morgan fingerprint density at radius 3 is 2.54 bits per heavy atom. The van der Waals surface area contributed by atoms with Crippen molar-refractivity contribution in [2.45, 2.75) is 27.0 Å². The summed E-state index contributed by atoms with van der Waals surface area (Å²) < 4.78 is 22.6. The van der Waals surface area contributed by atoms with Gasteiger partial charge in [0.1, 0.15) is 18.2 Å². The van der Waals surface area contributed by atoms with E-state index in [1.807, 2.05) is 13.0 Å². The zero-order chi connectivity index (χ0) is 29.1. The average molecular weight is 591 g/mol. The van der Waals surface area contributed by atoms with E-state index in [4.69, 9.17) is 42.1 Å². The Kier molecular flexibility index (Phi) is 8.20. The Balaban J connectivity index is 1.43. The molecule has 0 aromatic heterocycles. The zero-order valence-electron chi connectivity index (χ0n) is 22.2. The summed E-state index contributed by atoms with van der Waals surface area (Å²) in [5, 5.41) is 10.8. The number of nitrogens with zero attached hydrogens (tertiary/aromatic N) is 2. The van der Waals surface area contributed by atoms with Crippen LogP contribution in [0.5, 0.6) is 23.0 Å². The quantitative estimate of drug-likeness (QED) is 0.218. The fraction of sp³-hybridized carbons (Fsp3) is 0.194. The number of carbonyl (C=O) groups excluding carboxylic acids is 2. The first-order chi connectivity index (χ1) is 19.8. The summed E-state index contributed by atoms with van der Waals surface area (Å²) in [4.78, 5) is 27.8. The number of ether oxygens (including phenoxy) is 4. The molecule has 8 nitrogen and oxygen atoms in total. The molecule has 5 rings (SSSR count). The Morgan fingerprint density at radius 1 is 0.976 bits per heavy atom. The first kappa shape index (κ1) is 28.1. The predicted octanol–water partition coefficient (Wildman–Crippen LogP) is 6.49. The molecule has 41 heavy (non-hydrogen) atoms. The van der Waals surface area contributed by atoms with Crippen LogP contribution < -0.4 is 18.9 Å². The lowest BCUT2D eigenvalue weighted by Crippen LogP contribution is -2.42. The SMILES string of the molecule is CCOc1cc(/C=C2/C(=O)N(Cc3ccc4c(c3)OCO4)C(=O)C(C#N)=C2C)ccc1OCc1ccc(Cl)cc1Cl. The van der Waals surface area contributed by atoms with Crippen LogP contribution in [0.25, 0.3) is 6.08 Å². The molecule has 0 atom stereocenters. The molecule has 0 N–H and O–H groups in total. The summed E-state index contributed by atoms with van der Waals surface area (Å²) in [5.41, 5.74) is 2.48. The highest BCUT2D eigenvalue weighted by Crippen LogP contribution is 2.35. The van der Waals surface area contributed by atoms with Gasteiger partial charge < -0.3 is 18.9 Å². The lowest BCUT2D eigenvalue weighted by atomic mass is 9.93. The van der Waals surface area contributed by atoms with Gasteiger partial charge in [-0.1, -0.05) is 41.4 Å². The van der Waals surface area contributed by atoms with Gasteiger partial charge in [0.15, 0.2) is 23.0 Å². The number of fused-ring (bicyclic) bond motifs is 1. The van der Waals surface area contributed by atoms with Crippen molar-refractivity contribution in [3.05, 3.63) is 98.1 Å². The van der Waals surface area contributed by atoms with Crippen LogP contribution in [0.4, 0.5) is 0 Å². The number of imide groups is 1. The van der Waals surface area contributed by atoms with Crippen LogP contribution in [0.2, 0.25) is 10.0 Å². The van der Waals surface area contributed by atoms with Gasteiger partial charge in [0.25, 0.3) is 11.8 Å². The Morgan fingerprint density at radius 2 is 1.78 bits per heavy atom. The van der Waals surface area contributed by atoms with Gasteiger partial charge in [-0.05, 0) is 73.0 Å². The standard InChI is InChI=1S/C31H24Cl2N2O6/c1-3-38-28-11-19(4-8-26(28)39-16-21-6-7-22(32)13-25(21)33)10-23-18(2)24(14-34)31(37)35(30(23)36)15-20-5-9-27-29(12-20)41-17-40-27/h4-13H,3,15-17H2,1-2H3/b23-10+. The van der Waals surface area contributed by atoms with Crippen molar-refractivity contribution >= 4 is 41.1 Å². The molecule has 0 spiro atoms. The van der Waals surface area contributed by atoms with Crippen molar-refractivity contribution in [3.8, 4) is 29.1 Å². The lowest BCUT2D eigenvalue weighted by molar-refractivity contribution is -0.141. The fourth-order valence-electron chi connectivity index (χ4n) is 4.46. The molecule has 0 saturated heterocycles. The van der Waals surface area contributed by atoms with E-state index in [0.717, 1.165) is 10.5 Å². The van der Waals surface area contributed by atoms with Crippen molar-refractivity contribution in [2.24, 2.45) is 0 Å². The third-order valence-electron chi connectivity index (χ3n) is 6.58. The number of hydrogen-bond acceptors (Lipinski definition) is 7. The fourth-order valence-corrected chi connectivity index (χ4v) is 4.92. The number of halogens is 2. The maximum Gasteiger partial charge on any atom is 0.271 e. The molecule has 0 radical (unpaired) electrons. The van der Waals surface area contributed by atoms with E-state index in [1.54, 1.807) is 67.6 Å². The van der Waals surface area contributed by atoms with Crippen LogP contribution in [-0.4, -0.2) is 30.1 Å². The molecule has 2 amide bonds. The van der Waals surface area contributed by atoms with Crippen LogP contribution in [0.1, 0.15) is 30.5 Å². The summed E-state index contributed by atoms with van der Waals surface area (Å²) in [6.07, 6.45) is 1.64. The zero-order valence-corrected chi connectivity index (χ0v) is 23.7. The Labute approximate surface area is 246 Å². The molecular weight excluding hydrogens is 567 g/mol. The summed E-state index contributed by atoms with van der Waals surface area (Å²) >= 11 is 12.3. The molecule has 0 bridgehead atoms. The second-order valence-electron chi connectivity index (χ2n) is 9.22. The van der Waals surface area contributed by atoms with Gasteiger partial charge in [0, 0.05) is 21.2 Å². The van der Waals surface area contributed by atoms with Gasteiger partial charge in [-0.3, -0.25) is 14.5 Å². The highest BCUT2D eigenvalue weighted by atomic mass is 35.5.